The fourth-order valence-corrected chi connectivity index (χ4v) is 2.55. The van der Waals surface area contributed by atoms with E-state index in [0.29, 0.717) is 5.56 Å². The highest BCUT2D eigenvalue weighted by atomic mass is 16.4. The zero-order valence-electron chi connectivity index (χ0n) is 13.5. The SMILES string of the molecule is OC[C@@H](O)[C@@H](O)[C@H](O)[C@@](O)(C(O)=Cc1ccccc1)c1ccccc1. The Kier molecular flexibility index (Phi) is 6.30. The normalized spacial score (nSPS) is 18.2. The zero-order chi connectivity index (χ0) is 18.4. The molecule has 0 saturated heterocycles. The van der Waals surface area contributed by atoms with Crippen molar-refractivity contribution in [3.05, 3.63) is 77.5 Å². The summed E-state index contributed by atoms with van der Waals surface area (Å²) in [5, 5.41) is 60.7. The first-order valence-corrected chi connectivity index (χ1v) is 7.80. The Balaban J connectivity index is 2.51. The van der Waals surface area contributed by atoms with Crippen LogP contribution in [0.4, 0.5) is 0 Å². The Bertz CT molecular complexity index is 688. The van der Waals surface area contributed by atoms with E-state index in [2.05, 4.69) is 0 Å². The highest BCUT2D eigenvalue weighted by molar-refractivity contribution is 5.54. The smallest absolute Gasteiger partial charge is 0.175 e. The molecule has 0 aliphatic heterocycles. The second kappa shape index (κ2) is 8.24. The molecular weight excluding hydrogens is 324 g/mol. The van der Waals surface area contributed by atoms with E-state index in [0.717, 1.165) is 0 Å². The summed E-state index contributed by atoms with van der Waals surface area (Å²) in [5.41, 5.74) is -1.69. The lowest BCUT2D eigenvalue weighted by Gasteiger charge is -2.36. The lowest BCUT2D eigenvalue weighted by Crippen LogP contribution is -2.53. The van der Waals surface area contributed by atoms with E-state index in [-0.39, 0.29) is 5.56 Å². The summed E-state index contributed by atoms with van der Waals surface area (Å²) < 4.78 is 0. The lowest BCUT2D eigenvalue weighted by atomic mass is 9.81. The van der Waals surface area contributed by atoms with Gasteiger partial charge < -0.3 is 30.6 Å². The Morgan fingerprint density at radius 3 is 1.96 bits per heavy atom. The van der Waals surface area contributed by atoms with Crippen LogP contribution in [0.5, 0.6) is 0 Å². The van der Waals surface area contributed by atoms with E-state index in [1.165, 1.54) is 18.2 Å². The monoisotopic (exact) mass is 346 g/mol. The van der Waals surface area contributed by atoms with Gasteiger partial charge in [-0.1, -0.05) is 60.7 Å². The molecule has 0 radical (unpaired) electrons. The Hall–Kier alpha value is -2.22. The summed E-state index contributed by atoms with van der Waals surface area (Å²) in [6, 6.07) is 16.5. The van der Waals surface area contributed by atoms with E-state index < -0.39 is 36.3 Å². The van der Waals surface area contributed by atoms with Crippen molar-refractivity contribution >= 4 is 6.08 Å². The molecule has 2 rings (SSSR count). The van der Waals surface area contributed by atoms with Crippen LogP contribution in [-0.4, -0.2) is 55.6 Å². The molecule has 0 saturated carbocycles. The van der Waals surface area contributed by atoms with Crippen LogP contribution in [0.3, 0.4) is 0 Å². The maximum atomic E-state index is 11.1. The standard InChI is InChI=1S/C19H22O6/c20-12-15(21)17(23)18(24)19(25,14-9-5-2-6-10-14)16(22)11-13-7-3-1-4-8-13/h1-11,15,17-18,20-25H,12H2/t15-,17-,18+,19+/m1/s1. The second-order valence-corrected chi connectivity index (χ2v) is 5.76. The van der Waals surface area contributed by atoms with E-state index in [9.17, 15) is 25.5 Å². The van der Waals surface area contributed by atoms with Gasteiger partial charge in [0.2, 0.25) is 0 Å². The molecule has 0 bridgehead atoms. The van der Waals surface area contributed by atoms with Crippen molar-refractivity contribution in [3.8, 4) is 0 Å². The molecule has 0 aliphatic rings. The maximum Gasteiger partial charge on any atom is 0.175 e. The number of hydrogen-bond acceptors (Lipinski definition) is 6. The minimum absolute atomic E-state index is 0.122. The van der Waals surface area contributed by atoms with E-state index in [1.807, 2.05) is 0 Å². The van der Waals surface area contributed by atoms with Crippen LogP contribution < -0.4 is 0 Å². The van der Waals surface area contributed by atoms with Gasteiger partial charge in [0.05, 0.1) is 6.61 Å². The average Bonchev–Trinajstić information content (AvgIpc) is 2.66. The van der Waals surface area contributed by atoms with Gasteiger partial charge in [0.1, 0.15) is 24.1 Å². The largest absolute Gasteiger partial charge is 0.509 e. The third-order valence-electron chi connectivity index (χ3n) is 4.04. The number of rotatable bonds is 7. The molecule has 6 N–H and O–H groups in total. The summed E-state index contributed by atoms with van der Waals surface area (Å²) >= 11 is 0. The Morgan fingerprint density at radius 2 is 1.44 bits per heavy atom. The summed E-state index contributed by atoms with van der Waals surface area (Å²) in [6.07, 6.45) is -4.30. The van der Waals surface area contributed by atoms with Crippen LogP contribution >= 0.6 is 0 Å². The van der Waals surface area contributed by atoms with Crippen LogP contribution in [0, 0.1) is 0 Å². The average molecular weight is 346 g/mol. The van der Waals surface area contributed by atoms with Crippen LogP contribution in [0.1, 0.15) is 11.1 Å². The fraction of sp³-hybridized carbons (Fsp3) is 0.263. The van der Waals surface area contributed by atoms with Crippen LogP contribution in [0.25, 0.3) is 6.08 Å². The molecule has 2 aromatic rings. The van der Waals surface area contributed by atoms with Gasteiger partial charge in [-0.3, -0.25) is 0 Å². The first-order valence-electron chi connectivity index (χ1n) is 7.80. The third kappa shape index (κ3) is 4.07. The molecule has 0 amide bonds. The van der Waals surface area contributed by atoms with Gasteiger partial charge >= 0.3 is 0 Å². The van der Waals surface area contributed by atoms with Gasteiger partial charge in [-0.25, -0.2) is 0 Å². The van der Waals surface area contributed by atoms with Crippen molar-refractivity contribution in [2.24, 2.45) is 0 Å². The third-order valence-corrected chi connectivity index (χ3v) is 4.04. The molecule has 0 spiro atoms. The van der Waals surface area contributed by atoms with Crippen LogP contribution in [-0.2, 0) is 5.60 Å². The highest BCUT2D eigenvalue weighted by Crippen LogP contribution is 2.35. The Labute approximate surface area is 145 Å². The van der Waals surface area contributed by atoms with Crippen molar-refractivity contribution in [1.29, 1.82) is 0 Å². The summed E-state index contributed by atoms with van der Waals surface area (Å²) in [6.45, 7) is -0.813. The van der Waals surface area contributed by atoms with Gasteiger partial charge in [-0.2, -0.15) is 0 Å². The minimum atomic E-state index is -2.38. The molecule has 0 fully saturated rings. The quantitative estimate of drug-likeness (QED) is 0.407. The minimum Gasteiger partial charge on any atom is -0.509 e. The second-order valence-electron chi connectivity index (χ2n) is 5.76. The molecule has 4 atom stereocenters. The molecule has 0 aromatic heterocycles. The van der Waals surface area contributed by atoms with Crippen LogP contribution in [0.2, 0.25) is 0 Å². The number of aliphatic hydroxyl groups is 6. The lowest BCUT2D eigenvalue weighted by molar-refractivity contribution is -0.158. The van der Waals surface area contributed by atoms with Gasteiger partial charge in [-0.05, 0) is 17.2 Å². The molecule has 134 valence electrons. The van der Waals surface area contributed by atoms with Gasteiger partial charge in [0.25, 0.3) is 0 Å². The van der Waals surface area contributed by atoms with Crippen molar-refractivity contribution < 1.29 is 30.6 Å². The maximum absolute atomic E-state index is 11.1. The molecule has 25 heavy (non-hydrogen) atoms. The predicted molar refractivity (Wildman–Crippen MR) is 92.5 cm³/mol. The van der Waals surface area contributed by atoms with Gasteiger partial charge in [0, 0.05) is 0 Å². The molecule has 6 heteroatoms. The van der Waals surface area contributed by atoms with E-state index >= 15 is 0 Å². The van der Waals surface area contributed by atoms with E-state index in [1.54, 1.807) is 48.5 Å². The highest BCUT2D eigenvalue weighted by Gasteiger charge is 2.47. The summed E-state index contributed by atoms with van der Waals surface area (Å²) in [4.78, 5) is 0. The van der Waals surface area contributed by atoms with E-state index in [4.69, 9.17) is 5.11 Å². The Morgan fingerprint density at radius 1 is 0.920 bits per heavy atom. The molecule has 0 heterocycles. The summed E-state index contributed by atoms with van der Waals surface area (Å²) in [5.74, 6) is -0.610. The van der Waals surface area contributed by atoms with Crippen molar-refractivity contribution in [3.63, 3.8) is 0 Å². The zero-order valence-corrected chi connectivity index (χ0v) is 13.5. The van der Waals surface area contributed by atoms with Gasteiger partial charge in [0.15, 0.2) is 5.60 Å². The fourth-order valence-electron chi connectivity index (χ4n) is 2.55. The first kappa shape index (κ1) is 19.1. The number of benzene rings is 2. The van der Waals surface area contributed by atoms with Crippen molar-refractivity contribution in [1.82, 2.24) is 0 Å². The summed E-state index contributed by atoms with van der Waals surface area (Å²) in [7, 11) is 0. The molecule has 6 nitrogen and oxygen atoms in total. The molecule has 2 aromatic carbocycles. The van der Waals surface area contributed by atoms with Crippen molar-refractivity contribution in [2.45, 2.75) is 23.9 Å². The number of hydrogen-bond donors (Lipinski definition) is 6. The van der Waals surface area contributed by atoms with Crippen LogP contribution in [0.15, 0.2) is 66.4 Å². The molecule has 0 aliphatic carbocycles. The molecule has 0 unspecified atom stereocenters. The number of aliphatic hydroxyl groups excluding tert-OH is 5. The molecular formula is C19H22O6. The van der Waals surface area contributed by atoms with Gasteiger partial charge in [-0.15, -0.1) is 0 Å². The predicted octanol–water partition coefficient (Wildman–Crippen LogP) is 0.548. The topological polar surface area (TPSA) is 121 Å². The van der Waals surface area contributed by atoms with Crippen molar-refractivity contribution in [2.75, 3.05) is 6.61 Å². The first-order chi connectivity index (χ1) is 11.9.